The fourth-order valence-corrected chi connectivity index (χ4v) is 2.95. The molecule has 1 heterocycles. The molecule has 2 aromatic carbocycles. The molecule has 28 heavy (non-hydrogen) atoms. The van der Waals surface area contributed by atoms with E-state index in [2.05, 4.69) is 22.0 Å². The molecule has 1 aromatic heterocycles. The molecule has 146 valence electrons. The largest absolute Gasteiger partial charge is 0.383 e. The van der Waals surface area contributed by atoms with Gasteiger partial charge in [-0.15, -0.1) is 0 Å². The molecule has 0 radical (unpaired) electrons. The summed E-state index contributed by atoms with van der Waals surface area (Å²) in [5, 5.41) is 2.76. The molecule has 0 aliphatic carbocycles. The molecule has 0 spiro atoms. The van der Waals surface area contributed by atoms with Crippen LogP contribution in [0.25, 0.3) is 0 Å². The van der Waals surface area contributed by atoms with Gasteiger partial charge in [-0.2, -0.15) is 0 Å². The molecule has 0 bridgehead atoms. The summed E-state index contributed by atoms with van der Waals surface area (Å²) >= 11 is 0. The summed E-state index contributed by atoms with van der Waals surface area (Å²) in [6.07, 6.45) is 2.00. The number of benzene rings is 2. The lowest BCUT2D eigenvalue weighted by molar-refractivity contribution is 0.152. The van der Waals surface area contributed by atoms with Crippen molar-refractivity contribution in [2.45, 2.75) is 13.1 Å². The molecule has 0 saturated heterocycles. The summed E-state index contributed by atoms with van der Waals surface area (Å²) in [5.74, 6) is -0.391. The lowest BCUT2D eigenvalue weighted by Crippen LogP contribution is -2.37. The lowest BCUT2D eigenvalue weighted by atomic mass is 10.2. The third kappa shape index (κ3) is 5.44. The average molecular weight is 381 g/mol. The summed E-state index contributed by atoms with van der Waals surface area (Å²) in [6, 6.07) is 19.7. The summed E-state index contributed by atoms with van der Waals surface area (Å²) in [4.78, 5) is 14.4. The number of rotatable bonds is 8. The summed E-state index contributed by atoms with van der Waals surface area (Å²) in [6.45, 7) is 1.99. The quantitative estimate of drug-likeness (QED) is 0.630. The van der Waals surface area contributed by atoms with Crippen LogP contribution in [0.4, 0.5) is 14.9 Å². The molecule has 5 nitrogen and oxygen atoms in total. The number of methoxy groups -OCH3 is 1. The van der Waals surface area contributed by atoms with Crippen LogP contribution in [-0.4, -0.2) is 35.8 Å². The number of nitrogens with one attached hydrogen (secondary N) is 1. The Morgan fingerprint density at radius 2 is 1.93 bits per heavy atom. The van der Waals surface area contributed by atoms with Crippen LogP contribution < -0.4 is 5.32 Å². The van der Waals surface area contributed by atoms with E-state index < -0.39 is 5.82 Å². The van der Waals surface area contributed by atoms with Gasteiger partial charge in [0, 0.05) is 37.8 Å². The van der Waals surface area contributed by atoms with Gasteiger partial charge in [0.1, 0.15) is 5.82 Å². The maximum atomic E-state index is 13.4. The number of aromatic nitrogens is 1. The fraction of sp³-hybridized carbons (Fsp3) is 0.227. The first kappa shape index (κ1) is 19.6. The minimum absolute atomic E-state index is 0.296. The van der Waals surface area contributed by atoms with E-state index in [1.807, 2.05) is 36.5 Å². The van der Waals surface area contributed by atoms with E-state index in [4.69, 9.17) is 4.74 Å². The van der Waals surface area contributed by atoms with Crippen molar-refractivity contribution in [3.8, 4) is 0 Å². The van der Waals surface area contributed by atoms with E-state index in [1.54, 1.807) is 24.1 Å². The minimum atomic E-state index is -0.391. The van der Waals surface area contributed by atoms with E-state index in [0.29, 0.717) is 25.4 Å². The van der Waals surface area contributed by atoms with Gasteiger partial charge in [-0.25, -0.2) is 9.18 Å². The second-order valence-electron chi connectivity index (χ2n) is 6.47. The van der Waals surface area contributed by atoms with Crippen molar-refractivity contribution >= 4 is 11.7 Å². The second kappa shape index (κ2) is 9.71. The molecule has 1 N–H and O–H groups in total. The monoisotopic (exact) mass is 381 g/mol. The van der Waals surface area contributed by atoms with Crippen LogP contribution in [-0.2, 0) is 17.8 Å². The molecular formula is C22H24FN3O2. The molecule has 2 amide bonds. The molecule has 3 rings (SSSR count). The third-order valence-electron chi connectivity index (χ3n) is 4.40. The standard InChI is InChI=1S/C22H24FN3O2/c1-28-14-13-26(22(27)24-20-10-5-9-19(23)15-20)17-21-11-6-12-25(21)16-18-7-3-2-4-8-18/h2-12,15H,13-14,16-17H2,1H3,(H,24,27). The van der Waals surface area contributed by atoms with Gasteiger partial charge in [-0.3, -0.25) is 0 Å². The Kier molecular flexibility index (Phi) is 6.81. The number of amides is 2. The highest BCUT2D eigenvalue weighted by atomic mass is 19.1. The van der Waals surface area contributed by atoms with Crippen molar-refractivity contribution < 1.29 is 13.9 Å². The molecule has 0 fully saturated rings. The molecule has 6 heteroatoms. The van der Waals surface area contributed by atoms with Crippen LogP contribution in [0.1, 0.15) is 11.3 Å². The predicted molar refractivity (Wildman–Crippen MR) is 108 cm³/mol. The van der Waals surface area contributed by atoms with E-state index in [9.17, 15) is 9.18 Å². The molecule has 3 aromatic rings. The maximum absolute atomic E-state index is 13.4. The van der Waals surface area contributed by atoms with Gasteiger partial charge in [-0.1, -0.05) is 36.4 Å². The minimum Gasteiger partial charge on any atom is -0.383 e. The Balaban J connectivity index is 1.72. The van der Waals surface area contributed by atoms with Crippen LogP contribution in [0.2, 0.25) is 0 Å². The Bertz CT molecular complexity index is 896. The van der Waals surface area contributed by atoms with Crippen molar-refractivity contribution in [2.24, 2.45) is 0 Å². The maximum Gasteiger partial charge on any atom is 0.322 e. The van der Waals surface area contributed by atoms with Crippen LogP contribution in [0, 0.1) is 5.82 Å². The zero-order chi connectivity index (χ0) is 19.8. The van der Waals surface area contributed by atoms with Gasteiger partial charge in [0.15, 0.2) is 0 Å². The van der Waals surface area contributed by atoms with Gasteiger partial charge in [0.2, 0.25) is 0 Å². The number of anilines is 1. The average Bonchev–Trinajstić information content (AvgIpc) is 3.12. The Morgan fingerprint density at radius 3 is 2.68 bits per heavy atom. The Morgan fingerprint density at radius 1 is 1.11 bits per heavy atom. The van der Waals surface area contributed by atoms with Crippen molar-refractivity contribution in [3.05, 3.63) is 90.0 Å². The summed E-state index contributed by atoms with van der Waals surface area (Å²) < 4.78 is 20.7. The van der Waals surface area contributed by atoms with E-state index >= 15 is 0 Å². The number of carbonyl (C=O) groups is 1. The van der Waals surface area contributed by atoms with Crippen LogP contribution in [0.3, 0.4) is 0 Å². The topological polar surface area (TPSA) is 46.5 Å². The highest BCUT2D eigenvalue weighted by molar-refractivity contribution is 5.89. The first-order valence-electron chi connectivity index (χ1n) is 9.14. The number of hydrogen-bond acceptors (Lipinski definition) is 2. The van der Waals surface area contributed by atoms with Gasteiger partial charge in [0.05, 0.1) is 13.2 Å². The molecule has 0 aliphatic heterocycles. The van der Waals surface area contributed by atoms with Gasteiger partial charge in [-0.05, 0) is 35.9 Å². The van der Waals surface area contributed by atoms with Crippen LogP contribution in [0.5, 0.6) is 0 Å². The number of halogens is 1. The number of carbonyl (C=O) groups excluding carboxylic acids is 1. The van der Waals surface area contributed by atoms with E-state index in [1.165, 1.54) is 17.7 Å². The van der Waals surface area contributed by atoms with Gasteiger partial charge < -0.3 is 19.5 Å². The molecule has 0 unspecified atom stereocenters. The highest BCUT2D eigenvalue weighted by Crippen LogP contribution is 2.14. The van der Waals surface area contributed by atoms with Crippen LogP contribution in [0.15, 0.2) is 72.9 Å². The van der Waals surface area contributed by atoms with Crippen molar-refractivity contribution in [1.82, 2.24) is 9.47 Å². The van der Waals surface area contributed by atoms with Crippen molar-refractivity contribution in [1.29, 1.82) is 0 Å². The number of nitrogens with zero attached hydrogens (tertiary/aromatic N) is 2. The Hall–Kier alpha value is -3.12. The second-order valence-corrected chi connectivity index (χ2v) is 6.47. The fourth-order valence-electron chi connectivity index (χ4n) is 2.95. The Labute approximate surface area is 164 Å². The predicted octanol–water partition coefficient (Wildman–Crippen LogP) is 4.36. The van der Waals surface area contributed by atoms with Crippen molar-refractivity contribution in [2.75, 3.05) is 25.6 Å². The smallest absolute Gasteiger partial charge is 0.322 e. The normalized spacial score (nSPS) is 10.6. The molecule has 0 atom stereocenters. The lowest BCUT2D eigenvalue weighted by Gasteiger charge is -2.24. The van der Waals surface area contributed by atoms with E-state index in [0.717, 1.165) is 12.2 Å². The molecule has 0 saturated carbocycles. The number of ether oxygens (including phenoxy) is 1. The van der Waals surface area contributed by atoms with Crippen LogP contribution >= 0.6 is 0 Å². The summed E-state index contributed by atoms with van der Waals surface area (Å²) in [5.41, 5.74) is 2.62. The first-order valence-corrected chi connectivity index (χ1v) is 9.14. The highest BCUT2D eigenvalue weighted by Gasteiger charge is 2.16. The number of hydrogen-bond donors (Lipinski definition) is 1. The third-order valence-corrected chi connectivity index (χ3v) is 4.40. The molecule has 0 aliphatic rings. The summed E-state index contributed by atoms with van der Waals surface area (Å²) in [7, 11) is 1.60. The molecular weight excluding hydrogens is 357 g/mol. The van der Waals surface area contributed by atoms with Gasteiger partial charge in [0.25, 0.3) is 0 Å². The zero-order valence-corrected chi connectivity index (χ0v) is 15.8. The van der Waals surface area contributed by atoms with E-state index in [-0.39, 0.29) is 6.03 Å². The zero-order valence-electron chi connectivity index (χ0n) is 15.8. The number of urea groups is 1. The van der Waals surface area contributed by atoms with Gasteiger partial charge >= 0.3 is 6.03 Å². The van der Waals surface area contributed by atoms with Crippen molar-refractivity contribution in [3.63, 3.8) is 0 Å². The first-order chi connectivity index (χ1) is 13.7. The SMILES string of the molecule is COCCN(Cc1cccn1Cc1ccccc1)C(=O)Nc1cccc(F)c1.